The lowest BCUT2D eigenvalue weighted by molar-refractivity contribution is 0.373. The number of hydrogen-bond donors (Lipinski definition) is 1. The van der Waals surface area contributed by atoms with Crippen LogP contribution in [0.15, 0.2) is 24.3 Å². The van der Waals surface area contributed by atoms with Crippen LogP contribution in [0.25, 0.3) is 11.3 Å². The van der Waals surface area contributed by atoms with Crippen LogP contribution in [0.5, 0.6) is 5.88 Å². The molecule has 0 amide bonds. The van der Waals surface area contributed by atoms with Crippen LogP contribution in [-0.4, -0.2) is 14.9 Å². The zero-order valence-electron chi connectivity index (χ0n) is 12.8. The largest absolute Gasteiger partial charge is 0.493 e. The second kappa shape index (κ2) is 6.12. The molecule has 1 aromatic heterocycles. The average molecular weight is 272 g/mol. The van der Waals surface area contributed by atoms with Crippen molar-refractivity contribution in [3.05, 3.63) is 35.4 Å². The molecule has 20 heavy (non-hydrogen) atoms. The first-order valence-electron chi connectivity index (χ1n) is 7.42. The lowest BCUT2D eigenvalue weighted by Crippen LogP contribution is -2.02. The Morgan fingerprint density at radius 2 is 1.85 bits per heavy atom. The van der Waals surface area contributed by atoms with E-state index in [1.54, 1.807) is 4.68 Å². The smallest absolute Gasteiger partial charge is 0.213 e. The minimum Gasteiger partial charge on any atom is -0.493 e. The van der Waals surface area contributed by atoms with Crippen molar-refractivity contribution >= 4 is 0 Å². The van der Waals surface area contributed by atoms with Crippen LogP contribution < -0.4 is 0 Å². The van der Waals surface area contributed by atoms with E-state index in [2.05, 4.69) is 43.2 Å². The van der Waals surface area contributed by atoms with Gasteiger partial charge in [-0.05, 0) is 33.6 Å². The van der Waals surface area contributed by atoms with Crippen molar-refractivity contribution in [3.63, 3.8) is 0 Å². The predicted octanol–water partition coefficient (Wildman–Crippen LogP) is 4.49. The van der Waals surface area contributed by atoms with Crippen LogP contribution in [0.3, 0.4) is 0 Å². The summed E-state index contributed by atoms with van der Waals surface area (Å²) < 4.78 is 1.72. The molecule has 0 bridgehead atoms. The minimum absolute atomic E-state index is 0.162. The molecule has 0 spiro atoms. The van der Waals surface area contributed by atoms with Crippen LogP contribution >= 0.6 is 0 Å². The molecule has 0 aliphatic carbocycles. The van der Waals surface area contributed by atoms with Crippen LogP contribution in [0.1, 0.15) is 50.8 Å². The topological polar surface area (TPSA) is 38.0 Å². The van der Waals surface area contributed by atoms with E-state index in [0.29, 0.717) is 5.88 Å². The highest BCUT2D eigenvalue weighted by Gasteiger charge is 2.19. The molecular weight excluding hydrogens is 248 g/mol. The van der Waals surface area contributed by atoms with Gasteiger partial charge in [-0.2, -0.15) is 5.10 Å². The van der Waals surface area contributed by atoms with Gasteiger partial charge in [-0.25, -0.2) is 4.68 Å². The molecule has 0 fully saturated rings. The van der Waals surface area contributed by atoms with Gasteiger partial charge in [0.05, 0.1) is 11.7 Å². The maximum Gasteiger partial charge on any atom is 0.213 e. The Labute approximate surface area is 121 Å². The minimum atomic E-state index is 0.162. The molecule has 2 rings (SSSR count). The number of unbranched alkanes of at least 4 members (excludes halogenated alkanes) is 1. The van der Waals surface area contributed by atoms with Gasteiger partial charge in [0, 0.05) is 11.1 Å². The number of aryl methyl sites for hydroxylation is 1. The maximum atomic E-state index is 10.4. The third kappa shape index (κ3) is 2.87. The number of aromatic nitrogens is 2. The first kappa shape index (κ1) is 14.6. The van der Waals surface area contributed by atoms with Gasteiger partial charge < -0.3 is 5.11 Å². The summed E-state index contributed by atoms with van der Waals surface area (Å²) in [4.78, 5) is 0. The molecule has 1 heterocycles. The van der Waals surface area contributed by atoms with Gasteiger partial charge in [-0.15, -0.1) is 0 Å². The monoisotopic (exact) mass is 272 g/mol. The van der Waals surface area contributed by atoms with Gasteiger partial charge in [0.15, 0.2) is 0 Å². The molecule has 0 unspecified atom stereocenters. The van der Waals surface area contributed by atoms with E-state index >= 15 is 0 Å². The number of rotatable bonds is 5. The summed E-state index contributed by atoms with van der Waals surface area (Å²) in [5.41, 5.74) is 4.21. The van der Waals surface area contributed by atoms with E-state index in [0.717, 1.165) is 36.1 Å². The van der Waals surface area contributed by atoms with E-state index < -0.39 is 0 Å². The van der Waals surface area contributed by atoms with E-state index in [4.69, 9.17) is 0 Å². The standard InChI is InChI=1S/C17H24N2O/c1-5-6-7-15-16(14-10-8-13(4)9-11-14)18-19(12(2)3)17(15)20/h8-12,20H,5-7H2,1-4H3. The Morgan fingerprint density at radius 1 is 1.20 bits per heavy atom. The Morgan fingerprint density at radius 3 is 2.40 bits per heavy atom. The lowest BCUT2D eigenvalue weighted by atomic mass is 10.0. The Balaban J connectivity index is 2.49. The van der Waals surface area contributed by atoms with Gasteiger partial charge in [0.2, 0.25) is 5.88 Å². The third-order valence-electron chi connectivity index (χ3n) is 3.57. The fraction of sp³-hybridized carbons (Fsp3) is 0.471. The normalized spacial score (nSPS) is 11.2. The Bertz CT molecular complexity index is 567. The first-order valence-corrected chi connectivity index (χ1v) is 7.42. The second-order valence-electron chi connectivity index (χ2n) is 5.66. The highest BCUT2D eigenvalue weighted by Crippen LogP contribution is 2.33. The molecule has 2 aromatic rings. The summed E-state index contributed by atoms with van der Waals surface area (Å²) in [6.07, 6.45) is 3.05. The van der Waals surface area contributed by atoms with Crippen LogP contribution in [-0.2, 0) is 6.42 Å². The second-order valence-corrected chi connectivity index (χ2v) is 5.66. The van der Waals surface area contributed by atoms with Gasteiger partial charge in [-0.3, -0.25) is 0 Å². The Hall–Kier alpha value is -1.77. The summed E-state index contributed by atoms with van der Waals surface area (Å²) in [6.45, 7) is 8.31. The molecule has 1 N–H and O–H groups in total. The quantitative estimate of drug-likeness (QED) is 0.871. The van der Waals surface area contributed by atoms with Gasteiger partial charge in [0.1, 0.15) is 0 Å². The van der Waals surface area contributed by atoms with Crippen molar-refractivity contribution in [3.8, 4) is 17.1 Å². The highest BCUT2D eigenvalue weighted by molar-refractivity contribution is 5.65. The first-order chi connectivity index (χ1) is 9.54. The summed E-state index contributed by atoms with van der Waals surface area (Å²) in [7, 11) is 0. The zero-order chi connectivity index (χ0) is 14.7. The number of benzene rings is 1. The molecule has 3 nitrogen and oxygen atoms in total. The SMILES string of the molecule is CCCCc1c(-c2ccc(C)cc2)nn(C(C)C)c1O. The predicted molar refractivity (Wildman–Crippen MR) is 83.1 cm³/mol. The number of nitrogens with zero attached hydrogens (tertiary/aromatic N) is 2. The fourth-order valence-corrected chi connectivity index (χ4v) is 2.35. The summed E-state index contributed by atoms with van der Waals surface area (Å²) in [5, 5.41) is 15.1. The molecule has 0 atom stereocenters. The zero-order valence-corrected chi connectivity index (χ0v) is 12.8. The molecule has 0 saturated heterocycles. The van der Waals surface area contributed by atoms with Crippen LogP contribution in [0.4, 0.5) is 0 Å². The van der Waals surface area contributed by atoms with Crippen LogP contribution in [0, 0.1) is 6.92 Å². The molecule has 0 saturated carbocycles. The van der Waals surface area contributed by atoms with E-state index in [9.17, 15) is 5.11 Å². The van der Waals surface area contributed by atoms with Gasteiger partial charge in [0.25, 0.3) is 0 Å². The maximum absolute atomic E-state index is 10.4. The van der Waals surface area contributed by atoms with Crippen molar-refractivity contribution in [1.29, 1.82) is 0 Å². The van der Waals surface area contributed by atoms with Crippen molar-refractivity contribution in [2.45, 2.75) is 53.0 Å². The van der Waals surface area contributed by atoms with E-state index in [1.807, 2.05) is 13.8 Å². The van der Waals surface area contributed by atoms with E-state index in [1.165, 1.54) is 5.56 Å². The molecule has 0 radical (unpaired) electrons. The molecule has 1 aromatic carbocycles. The molecule has 108 valence electrons. The summed E-state index contributed by atoms with van der Waals surface area (Å²) in [5.74, 6) is 0.323. The Kier molecular flexibility index (Phi) is 4.48. The summed E-state index contributed by atoms with van der Waals surface area (Å²) >= 11 is 0. The summed E-state index contributed by atoms with van der Waals surface area (Å²) in [6, 6.07) is 8.50. The molecular formula is C17H24N2O. The molecule has 0 aliphatic rings. The number of hydrogen-bond acceptors (Lipinski definition) is 2. The molecule has 0 aliphatic heterocycles. The van der Waals surface area contributed by atoms with Crippen molar-refractivity contribution in [1.82, 2.24) is 9.78 Å². The van der Waals surface area contributed by atoms with Gasteiger partial charge in [-0.1, -0.05) is 43.2 Å². The lowest BCUT2D eigenvalue weighted by Gasteiger charge is -2.06. The molecule has 3 heteroatoms. The fourth-order valence-electron chi connectivity index (χ4n) is 2.35. The number of aromatic hydroxyl groups is 1. The highest BCUT2D eigenvalue weighted by atomic mass is 16.3. The van der Waals surface area contributed by atoms with Crippen molar-refractivity contribution in [2.75, 3.05) is 0 Å². The van der Waals surface area contributed by atoms with Gasteiger partial charge >= 0.3 is 0 Å². The third-order valence-corrected chi connectivity index (χ3v) is 3.57. The van der Waals surface area contributed by atoms with Crippen molar-refractivity contribution < 1.29 is 5.11 Å². The van der Waals surface area contributed by atoms with E-state index in [-0.39, 0.29) is 6.04 Å². The van der Waals surface area contributed by atoms with Crippen LogP contribution in [0.2, 0.25) is 0 Å². The van der Waals surface area contributed by atoms with Crippen molar-refractivity contribution in [2.24, 2.45) is 0 Å². The average Bonchev–Trinajstić information content (AvgIpc) is 2.75.